The van der Waals surface area contributed by atoms with Crippen molar-refractivity contribution in [3.8, 4) is 5.75 Å². The van der Waals surface area contributed by atoms with E-state index in [0.717, 1.165) is 30.5 Å². The van der Waals surface area contributed by atoms with Crippen molar-refractivity contribution in [3.63, 3.8) is 0 Å². The Kier molecular flexibility index (Phi) is 5.16. The Bertz CT molecular complexity index is 841. The maximum Gasteiger partial charge on any atom is 0.120 e. The van der Waals surface area contributed by atoms with Crippen molar-refractivity contribution < 1.29 is 4.74 Å². The fourth-order valence-corrected chi connectivity index (χ4v) is 3.93. The van der Waals surface area contributed by atoms with Gasteiger partial charge in [0.2, 0.25) is 0 Å². The molecule has 0 spiro atoms. The Labute approximate surface area is 155 Å². The van der Waals surface area contributed by atoms with Crippen LogP contribution in [0.15, 0.2) is 67.0 Å². The summed E-state index contributed by atoms with van der Waals surface area (Å²) < 4.78 is 6.27. The van der Waals surface area contributed by atoms with Crippen molar-refractivity contribution in [1.29, 1.82) is 0 Å². The SMILES string of the molecule is CN(Cc1ccccc1)[C@H]1CC[C@@H](Oc2ccc3cnccc3c2)CC1. The van der Waals surface area contributed by atoms with Crippen molar-refractivity contribution in [2.45, 2.75) is 44.4 Å². The summed E-state index contributed by atoms with van der Waals surface area (Å²) in [5.41, 5.74) is 1.39. The number of aromatic nitrogens is 1. The van der Waals surface area contributed by atoms with E-state index in [1.165, 1.54) is 23.8 Å². The number of pyridine rings is 1. The van der Waals surface area contributed by atoms with Crippen LogP contribution in [0.1, 0.15) is 31.2 Å². The average molecular weight is 346 g/mol. The highest BCUT2D eigenvalue weighted by molar-refractivity contribution is 5.82. The second-order valence-electron chi connectivity index (χ2n) is 7.33. The molecule has 1 aromatic heterocycles. The Hall–Kier alpha value is -2.39. The van der Waals surface area contributed by atoms with Gasteiger partial charge in [-0.15, -0.1) is 0 Å². The van der Waals surface area contributed by atoms with E-state index in [-0.39, 0.29) is 0 Å². The molecule has 1 aliphatic rings. The first-order chi connectivity index (χ1) is 12.8. The fourth-order valence-electron chi connectivity index (χ4n) is 3.93. The summed E-state index contributed by atoms with van der Waals surface area (Å²) in [5, 5.41) is 2.35. The van der Waals surface area contributed by atoms with Crippen LogP contribution in [0.25, 0.3) is 10.8 Å². The summed E-state index contributed by atoms with van der Waals surface area (Å²) in [6.45, 7) is 1.02. The molecule has 0 unspecified atom stereocenters. The lowest BCUT2D eigenvalue weighted by atomic mass is 9.91. The molecule has 0 aliphatic heterocycles. The van der Waals surface area contributed by atoms with Gasteiger partial charge >= 0.3 is 0 Å². The van der Waals surface area contributed by atoms with Gasteiger partial charge in [-0.05, 0) is 67.9 Å². The van der Waals surface area contributed by atoms with E-state index >= 15 is 0 Å². The third-order valence-electron chi connectivity index (χ3n) is 5.46. The monoisotopic (exact) mass is 346 g/mol. The average Bonchev–Trinajstić information content (AvgIpc) is 2.69. The normalized spacial score (nSPS) is 20.4. The van der Waals surface area contributed by atoms with E-state index in [4.69, 9.17) is 4.74 Å². The molecule has 3 heteroatoms. The number of rotatable bonds is 5. The first-order valence-electron chi connectivity index (χ1n) is 9.52. The van der Waals surface area contributed by atoms with Gasteiger partial charge in [0.15, 0.2) is 0 Å². The van der Waals surface area contributed by atoms with Crippen LogP contribution in [-0.4, -0.2) is 29.1 Å². The zero-order valence-electron chi connectivity index (χ0n) is 15.3. The van der Waals surface area contributed by atoms with Crippen molar-refractivity contribution in [1.82, 2.24) is 9.88 Å². The molecule has 0 atom stereocenters. The van der Waals surface area contributed by atoms with Gasteiger partial charge in [-0.25, -0.2) is 0 Å². The number of hydrogen-bond donors (Lipinski definition) is 0. The number of hydrogen-bond acceptors (Lipinski definition) is 3. The molecule has 2 aromatic carbocycles. The lowest BCUT2D eigenvalue weighted by Gasteiger charge is -2.34. The lowest BCUT2D eigenvalue weighted by molar-refractivity contribution is 0.0979. The van der Waals surface area contributed by atoms with Crippen LogP contribution >= 0.6 is 0 Å². The molecule has 1 saturated carbocycles. The first-order valence-corrected chi connectivity index (χ1v) is 9.52. The van der Waals surface area contributed by atoms with E-state index in [0.29, 0.717) is 12.1 Å². The van der Waals surface area contributed by atoms with Gasteiger partial charge in [-0.1, -0.05) is 30.3 Å². The topological polar surface area (TPSA) is 25.4 Å². The van der Waals surface area contributed by atoms with Crippen molar-refractivity contribution in [2.75, 3.05) is 7.05 Å². The maximum atomic E-state index is 6.27. The second-order valence-corrected chi connectivity index (χ2v) is 7.33. The summed E-state index contributed by atoms with van der Waals surface area (Å²) >= 11 is 0. The van der Waals surface area contributed by atoms with E-state index in [1.807, 2.05) is 18.5 Å². The third-order valence-corrected chi connectivity index (χ3v) is 5.46. The summed E-state index contributed by atoms with van der Waals surface area (Å²) in [5.74, 6) is 0.977. The van der Waals surface area contributed by atoms with E-state index < -0.39 is 0 Å². The van der Waals surface area contributed by atoms with Gasteiger partial charge in [-0.3, -0.25) is 9.88 Å². The van der Waals surface area contributed by atoms with Crippen LogP contribution in [0.3, 0.4) is 0 Å². The van der Waals surface area contributed by atoms with Crippen LogP contribution in [0.5, 0.6) is 5.75 Å². The van der Waals surface area contributed by atoms with E-state index in [2.05, 4.69) is 65.5 Å². The first kappa shape index (κ1) is 17.0. The minimum atomic E-state index is 0.329. The molecule has 3 nitrogen and oxygen atoms in total. The highest BCUT2D eigenvalue weighted by Gasteiger charge is 2.25. The van der Waals surface area contributed by atoms with Gasteiger partial charge in [0.1, 0.15) is 5.75 Å². The Morgan fingerprint density at radius 3 is 2.58 bits per heavy atom. The van der Waals surface area contributed by atoms with E-state index in [1.54, 1.807) is 0 Å². The van der Waals surface area contributed by atoms with Gasteiger partial charge in [-0.2, -0.15) is 0 Å². The summed E-state index contributed by atoms with van der Waals surface area (Å²) in [4.78, 5) is 6.66. The molecule has 1 aliphatic carbocycles. The largest absolute Gasteiger partial charge is 0.490 e. The highest BCUT2D eigenvalue weighted by atomic mass is 16.5. The summed E-state index contributed by atoms with van der Waals surface area (Å²) in [6.07, 6.45) is 8.70. The zero-order chi connectivity index (χ0) is 17.8. The molecule has 0 radical (unpaired) electrons. The maximum absolute atomic E-state index is 6.27. The molecular formula is C23H26N2O. The molecule has 0 bridgehead atoms. The van der Waals surface area contributed by atoms with Gasteiger partial charge < -0.3 is 4.74 Å². The number of fused-ring (bicyclic) bond motifs is 1. The van der Waals surface area contributed by atoms with Crippen LogP contribution in [0.2, 0.25) is 0 Å². The Balaban J connectivity index is 1.31. The fraction of sp³-hybridized carbons (Fsp3) is 0.348. The number of nitrogens with zero attached hydrogens (tertiary/aromatic N) is 2. The van der Waals surface area contributed by atoms with Crippen molar-refractivity contribution in [3.05, 3.63) is 72.6 Å². The molecule has 3 aromatic rings. The quantitative estimate of drug-likeness (QED) is 0.646. The molecular weight excluding hydrogens is 320 g/mol. The molecule has 0 N–H and O–H groups in total. The van der Waals surface area contributed by atoms with E-state index in [9.17, 15) is 0 Å². The predicted octanol–water partition coefficient (Wildman–Crippen LogP) is 5.06. The highest BCUT2D eigenvalue weighted by Crippen LogP contribution is 2.28. The van der Waals surface area contributed by atoms with Gasteiger partial charge in [0.05, 0.1) is 6.10 Å². The van der Waals surface area contributed by atoms with Crippen LogP contribution in [-0.2, 0) is 6.54 Å². The Morgan fingerprint density at radius 2 is 1.77 bits per heavy atom. The second kappa shape index (κ2) is 7.88. The minimum absolute atomic E-state index is 0.329. The summed E-state index contributed by atoms with van der Waals surface area (Å²) in [7, 11) is 2.25. The molecule has 1 heterocycles. The van der Waals surface area contributed by atoms with Crippen LogP contribution in [0, 0.1) is 0 Å². The standard InChI is InChI=1S/C23H26N2O/c1-25(17-18-5-3-2-4-6-18)21-8-11-22(12-9-21)26-23-10-7-20-16-24-14-13-19(20)15-23/h2-7,10,13-16,21-22H,8-9,11-12,17H2,1H3/t21-,22+. The Morgan fingerprint density at radius 1 is 0.962 bits per heavy atom. The molecule has 4 rings (SSSR count). The zero-order valence-corrected chi connectivity index (χ0v) is 15.3. The lowest BCUT2D eigenvalue weighted by Crippen LogP contribution is -2.37. The third kappa shape index (κ3) is 4.05. The molecule has 26 heavy (non-hydrogen) atoms. The van der Waals surface area contributed by atoms with Crippen LogP contribution < -0.4 is 4.74 Å². The number of ether oxygens (including phenoxy) is 1. The molecule has 1 fully saturated rings. The van der Waals surface area contributed by atoms with Crippen LogP contribution in [0.4, 0.5) is 0 Å². The number of benzene rings is 2. The molecule has 0 amide bonds. The van der Waals surface area contributed by atoms with Gasteiger partial charge in [0.25, 0.3) is 0 Å². The minimum Gasteiger partial charge on any atom is -0.490 e. The molecule has 134 valence electrons. The predicted molar refractivity (Wildman–Crippen MR) is 106 cm³/mol. The molecule has 0 saturated heterocycles. The van der Waals surface area contributed by atoms with Crippen molar-refractivity contribution >= 4 is 10.8 Å². The smallest absolute Gasteiger partial charge is 0.120 e. The summed E-state index contributed by atoms with van der Waals surface area (Å²) in [6, 6.07) is 19.7. The van der Waals surface area contributed by atoms with Gasteiger partial charge in [0, 0.05) is 30.4 Å². The van der Waals surface area contributed by atoms with Crippen molar-refractivity contribution in [2.24, 2.45) is 0 Å².